The number of nitrogens with one attached hydrogen (secondary N) is 1. The predicted molar refractivity (Wildman–Crippen MR) is 76.0 cm³/mol. The van der Waals surface area contributed by atoms with Gasteiger partial charge in [-0.15, -0.1) is 0 Å². The molecule has 1 aliphatic heterocycles. The molecule has 0 spiro atoms. The van der Waals surface area contributed by atoms with Gasteiger partial charge in [-0.3, -0.25) is 4.79 Å². The highest BCUT2D eigenvalue weighted by Crippen LogP contribution is 2.22. The minimum atomic E-state index is -1.88. The molecule has 2 heterocycles. The average molecular weight is 321 g/mol. The highest BCUT2D eigenvalue weighted by atomic mass is 35.5. The van der Waals surface area contributed by atoms with Gasteiger partial charge < -0.3 is 10.2 Å². The van der Waals surface area contributed by atoms with E-state index in [2.05, 4.69) is 15.3 Å². The Hall–Kier alpha value is -1.14. The molecule has 0 saturated carbocycles. The van der Waals surface area contributed by atoms with E-state index in [4.69, 9.17) is 23.2 Å². The number of amides is 1. The topological polar surface area (TPSA) is 58.1 Å². The molecule has 1 fully saturated rings. The summed E-state index contributed by atoms with van der Waals surface area (Å²) in [5.74, 6) is -0.00522. The van der Waals surface area contributed by atoms with Gasteiger partial charge in [-0.05, 0) is 31.9 Å². The largest absolute Gasteiger partial charge is 0.354 e. The number of rotatable bonds is 3. The van der Waals surface area contributed by atoms with Crippen molar-refractivity contribution in [3.8, 4) is 0 Å². The number of alkyl halides is 1. The Morgan fingerprint density at radius 2 is 2.20 bits per heavy atom. The zero-order chi connectivity index (χ0) is 14.9. The minimum absolute atomic E-state index is 0.0740. The van der Waals surface area contributed by atoms with Crippen molar-refractivity contribution < 1.29 is 9.18 Å². The van der Waals surface area contributed by atoms with Crippen LogP contribution in [-0.4, -0.2) is 40.7 Å². The number of aromatic nitrogens is 2. The second kappa shape index (κ2) is 5.69. The normalized spacial score (nSPS) is 19.2. The molecule has 0 aromatic carbocycles. The fourth-order valence-electron chi connectivity index (χ4n) is 1.98. The number of nitrogens with zero attached hydrogens (tertiary/aromatic N) is 3. The van der Waals surface area contributed by atoms with Crippen molar-refractivity contribution >= 4 is 34.9 Å². The van der Waals surface area contributed by atoms with E-state index in [0.717, 1.165) is 0 Å². The molecule has 2 rings (SSSR count). The summed E-state index contributed by atoms with van der Waals surface area (Å²) in [5.41, 5.74) is -1.88. The Bertz CT molecular complexity index is 500. The lowest BCUT2D eigenvalue weighted by Gasteiger charge is -2.20. The zero-order valence-electron chi connectivity index (χ0n) is 11.2. The quantitative estimate of drug-likeness (QED) is 0.685. The summed E-state index contributed by atoms with van der Waals surface area (Å²) < 4.78 is 13.5. The summed E-state index contributed by atoms with van der Waals surface area (Å²) in [5, 5.41) is 3.02. The lowest BCUT2D eigenvalue weighted by molar-refractivity contribution is -0.131. The van der Waals surface area contributed by atoms with E-state index in [9.17, 15) is 9.18 Å². The Balaban J connectivity index is 2.00. The van der Waals surface area contributed by atoms with Gasteiger partial charge in [0.25, 0.3) is 5.91 Å². The van der Waals surface area contributed by atoms with E-state index in [1.165, 1.54) is 13.8 Å². The van der Waals surface area contributed by atoms with Gasteiger partial charge in [-0.25, -0.2) is 14.4 Å². The molecule has 1 unspecified atom stereocenters. The summed E-state index contributed by atoms with van der Waals surface area (Å²) in [6.07, 6.45) is 0.709. The van der Waals surface area contributed by atoms with E-state index < -0.39 is 11.6 Å². The summed E-state index contributed by atoms with van der Waals surface area (Å²) in [6, 6.07) is 1.49. The molecule has 1 aromatic rings. The highest BCUT2D eigenvalue weighted by molar-refractivity contribution is 6.32. The van der Waals surface area contributed by atoms with Gasteiger partial charge in [0.2, 0.25) is 5.28 Å². The molecule has 0 radical (unpaired) electrons. The minimum Gasteiger partial charge on any atom is -0.354 e. The molecule has 1 aromatic heterocycles. The molecule has 1 saturated heterocycles. The second-order valence-corrected chi connectivity index (χ2v) is 5.92. The Kier molecular flexibility index (Phi) is 4.34. The van der Waals surface area contributed by atoms with E-state index >= 15 is 0 Å². The van der Waals surface area contributed by atoms with Crippen molar-refractivity contribution in [3.05, 3.63) is 16.5 Å². The van der Waals surface area contributed by atoms with Gasteiger partial charge in [0.1, 0.15) is 11.0 Å². The maximum atomic E-state index is 13.5. The first-order chi connectivity index (χ1) is 9.25. The van der Waals surface area contributed by atoms with Gasteiger partial charge >= 0.3 is 0 Å². The van der Waals surface area contributed by atoms with Crippen molar-refractivity contribution in [2.75, 3.05) is 18.0 Å². The van der Waals surface area contributed by atoms with Crippen LogP contribution in [0.25, 0.3) is 0 Å². The van der Waals surface area contributed by atoms with E-state index in [-0.39, 0.29) is 16.5 Å². The molecule has 1 atom stereocenters. The lowest BCUT2D eigenvalue weighted by Crippen LogP contribution is -2.45. The van der Waals surface area contributed by atoms with Crippen molar-refractivity contribution in [2.45, 2.75) is 32.0 Å². The number of carbonyl (C=O) groups excluding carboxylic acids is 1. The van der Waals surface area contributed by atoms with Crippen LogP contribution >= 0.6 is 23.2 Å². The van der Waals surface area contributed by atoms with Crippen LogP contribution in [0.4, 0.5) is 10.2 Å². The molecule has 1 N–H and O–H groups in total. The van der Waals surface area contributed by atoms with Gasteiger partial charge in [-0.2, -0.15) is 0 Å². The fraction of sp³-hybridized carbons (Fsp3) is 0.583. The first-order valence-electron chi connectivity index (χ1n) is 6.20. The van der Waals surface area contributed by atoms with Crippen molar-refractivity contribution in [3.63, 3.8) is 0 Å². The first kappa shape index (κ1) is 15.3. The zero-order valence-corrected chi connectivity index (χ0v) is 12.7. The van der Waals surface area contributed by atoms with Crippen LogP contribution in [0.15, 0.2) is 6.07 Å². The molecule has 110 valence electrons. The van der Waals surface area contributed by atoms with E-state index in [0.29, 0.717) is 25.3 Å². The number of hydrogen-bond acceptors (Lipinski definition) is 4. The van der Waals surface area contributed by atoms with Crippen molar-refractivity contribution in [1.29, 1.82) is 0 Å². The summed E-state index contributed by atoms with van der Waals surface area (Å²) >= 11 is 11.6. The fourth-order valence-corrected chi connectivity index (χ4v) is 2.38. The van der Waals surface area contributed by atoms with Gasteiger partial charge in [-0.1, -0.05) is 11.6 Å². The molecular formula is C12H15Cl2FN4O. The van der Waals surface area contributed by atoms with Crippen LogP contribution in [0, 0.1) is 0 Å². The second-order valence-electron chi connectivity index (χ2n) is 5.20. The number of anilines is 1. The molecule has 0 bridgehead atoms. The molecular weight excluding hydrogens is 306 g/mol. The molecule has 8 heteroatoms. The maximum Gasteiger partial charge on any atom is 0.257 e. The highest BCUT2D eigenvalue weighted by Gasteiger charge is 2.31. The summed E-state index contributed by atoms with van der Waals surface area (Å²) in [7, 11) is 0. The summed E-state index contributed by atoms with van der Waals surface area (Å²) in [6.45, 7) is 3.69. The number of hydrogen-bond donors (Lipinski definition) is 1. The third-order valence-corrected chi connectivity index (χ3v) is 3.40. The van der Waals surface area contributed by atoms with Gasteiger partial charge in [0.15, 0.2) is 5.67 Å². The summed E-state index contributed by atoms with van der Waals surface area (Å²) in [4.78, 5) is 21.4. The molecule has 20 heavy (non-hydrogen) atoms. The first-order valence-corrected chi connectivity index (χ1v) is 6.96. The lowest BCUT2D eigenvalue weighted by atomic mass is 10.1. The standard InChI is InChI=1S/C12H15Cl2FN4O/c1-12(2,15)10(20)16-7-3-4-19(6-7)9-5-8(13)17-11(14)18-9/h5,7H,3-4,6H2,1-2H3,(H,16,20). The molecule has 1 amide bonds. The Morgan fingerprint density at radius 3 is 2.80 bits per heavy atom. The third kappa shape index (κ3) is 3.70. The third-order valence-electron chi connectivity index (χ3n) is 3.04. The van der Waals surface area contributed by atoms with Crippen LogP contribution in [-0.2, 0) is 4.79 Å². The van der Waals surface area contributed by atoms with Gasteiger partial charge in [0.05, 0.1) is 0 Å². The molecule has 5 nitrogen and oxygen atoms in total. The monoisotopic (exact) mass is 320 g/mol. The Labute approximate surface area is 126 Å². The smallest absolute Gasteiger partial charge is 0.257 e. The van der Waals surface area contributed by atoms with Crippen molar-refractivity contribution in [2.24, 2.45) is 0 Å². The van der Waals surface area contributed by atoms with Crippen LogP contribution in [0.2, 0.25) is 10.4 Å². The average Bonchev–Trinajstić information content (AvgIpc) is 2.75. The SMILES string of the molecule is CC(C)(F)C(=O)NC1CCN(c2cc(Cl)nc(Cl)n2)C1. The van der Waals surface area contributed by atoms with Crippen LogP contribution < -0.4 is 10.2 Å². The van der Waals surface area contributed by atoms with E-state index in [1.54, 1.807) is 6.07 Å². The number of halogens is 3. The van der Waals surface area contributed by atoms with Crippen LogP contribution in [0.3, 0.4) is 0 Å². The van der Waals surface area contributed by atoms with E-state index in [1.807, 2.05) is 4.90 Å². The van der Waals surface area contributed by atoms with Crippen LogP contribution in [0.1, 0.15) is 20.3 Å². The predicted octanol–water partition coefficient (Wildman–Crippen LogP) is 2.23. The van der Waals surface area contributed by atoms with Gasteiger partial charge in [0, 0.05) is 25.2 Å². The molecule has 1 aliphatic rings. The maximum absolute atomic E-state index is 13.5. The number of carbonyl (C=O) groups is 1. The van der Waals surface area contributed by atoms with Crippen LogP contribution in [0.5, 0.6) is 0 Å². The van der Waals surface area contributed by atoms with Crippen molar-refractivity contribution in [1.82, 2.24) is 15.3 Å². The molecule has 0 aliphatic carbocycles. The Morgan fingerprint density at radius 1 is 1.50 bits per heavy atom.